The number of fused-ring (bicyclic) bond motifs is 4. The molecule has 5 rings (SSSR count). The Bertz CT molecular complexity index is 1510. The van der Waals surface area contributed by atoms with Crippen molar-refractivity contribution in [3.8, 4) is 0 Å². The lowest BCUT2D eigenvalue weighted by Crippen LogP contribution is -2.37. The number of carbonyl (C=O) groups is 1. The van der Waals surface area contributed by atoms with Crippen LogP contribution in [0.2, 0.25) is 0 Å². The lowest BCUT2D eigenvalue weighted by atomic mass is 9.99. The molecule has 1 aliphatic heterocycles. The predicted octanol–water partition coefficient (Wildman–Crippen LogP) is 4.24. The largest absolute Gasteiger partial charge is 0.433 e. The molecule has 1 aliphatic rings. The smallest absolute Gasteiger partial charge is 0.382 e. The zero-order valence-corrected chi connectivity index (χ0v) is 18.4. The Hall–Kier alpha value is -3.94. The Kier molecular flexibility index (Phi) is 5.32. The lowest BCUT2D eigenvalue weighted by molar-refractivity contribution is -0.141. The van der Waals surface area contributed by atoms with Gasteiger partial charge in [-0.05, 0) is 18.2 Å². The molecule has 0 bridgehead atoms. The van der Waals surface area contributed by atoms with Crippen molar-refractivity contribution >= 4 is 28.3 Å². The van der Waals surface area contributed by atoms with Gasteiger partial charge >= 0.3 is 12.4 Å². The fraction of sp³-hybridized carbons (Fsp3) is 0.273. The van der Waals surface area contributed by atoms with Crippen molar-refractivity contribution in [3.05, 3.63) is 64.9 Å². The number of anilines is 1. The molecular formula is C22H16F6N6O2. The maximum atomic E-state index is 14.0. The molecule has 14 heteroatoms. The summed E-state index contributed by atoms with van der Waals surface area (Å²) in [6, 6.07) is 2.74. The third kappa shape index (κ3) is 3.86. The van der Waals surface area contributed by atoms with Crippen LogP contribution in [0.5, 0.6) is 0 Å². The number of imidazole rings is 1. The number of rotatable bonds is 2. The van der Waals surface area contributed by atoms with Gasteiger partial charge in [-0.1, -0.05) is 6.07 Å². The van der Waals surface area contributed by atoms with E-state index in [-0.39, 0.29) is 41.3 Å². The number of hydrogen-bond acceptors (Lipinski definition) is 6. The number of nitrogen functional groups attached to an aromatic ring is 1. The number of amides is 1. The van der Waals surface area contributed by atoms with Gasteiger partial charge in [0.15, 0.2) is 0 Å². The maximum Gasteiger partial charge on any atom is 0.433 e. The van der Waals surface area contributed by atoms with E-state index in [1.807, 2.05) is 0 Å². The molecule has 1 unspecified atom stereocenters. The van der Waals surface area contributed by atoms with Gasteiger partial charge in [0, 0.05) is 12.6 Å². The van der Waals surface area contributed by atoms with Crippen LogP contribution in [0, 0.1) is 0 Å². The molecule has 0 spiro atoms. The molecule has 0 aliphatic carbocycles. The van der Waals surface area contributed by atoms with E-state index in [2.05, 4.69) is 15.0 Å². The van der Waals surface area contributed by atoms with Crippen molar-refractivity contribution in [3.63, 3.8) is 0 Å². The second-order valence-corrected chi connectivity index (χ2v) is 8.21. The van der Waals surface area contributed by atoms with Gasteiger partial charge in [-0.15, -0.1) is 0 Å². The lowest BCUT2D eigenvalue weighted by Gasteiger charge is -2.33. The number of halogens is 6. The first-order chi connectivity index (χ1) is 16.9. The second kappa shape index (κ2) is 8.05. The SMILES string of the molecule is CN(C(=O)c1cc2c(cc1C(F)(F)F)nc(N)c1cncn12)C1COCc2nc(C(F)(F)F)ccc21. The summed E-state index contributed by atoms with van der Waals surface area (Å²) in [5.41, 5.74) is 3.41. The third-order valence-corrected chi connectivity index (χ3v) is 6.01. The maximum absolute atomic E-state index is 14.0. The third-order valence-electron chi connectivity index (χ3n) is 6.01. The number of benzene rings is 1. The van der Waals surface area contributed by atoms with Crippen LogP contribution in [-0.2, 0) is 23.7 Å². The Morgan fingerprint density at radius 1 is 1.11 bits per heavy atom. The first kappa shape index (κ1) is 23.8. The highest BCUT2D eigenvalue weighted by Crippen LogP contribution is 2.38. The molecule has 2 N–H and O–H groups in total. The fourth-order valence-electron chi connectivity index (χ4n) is 4.23. The van der Waals surface area contributed by atoms with Crippen molar-refractivity contribution in [1.29, 1.82) is 0 Å². The standard InChI is InChI=1S/C22H16F6N6O2/c1-33(17-8-36-7-14-10(17)2-3-18(31-14)22(26,27)28)20(35)11-4-15-13(5-12(11)21(23,24)25)32-19(29)16-6-30-9-34(15)16/h2-6,9,17H,7-8H2,1H3,(H2,29,32). The minimum Gasteiger partial charge on any atom is -0.382 e. The van der Waals surface area contributed by atoms with E-state index in [1.54, 1.807) is 0 Å². The molecule has 4 heterocycles. The van der Waals surface area contributed by atoms with Crippen molar-refractivity contribution < 1.29 is 35.9 Å². The number of pyridine rings is 1. The number of carbonyl (C=O) groups excluding carboxylic acids is 1. The van der Waals surface area contributed by atoms with Gasteiger partial charge in [0.2, 0.25) is 0 Å². The molecule has 188 valence electrons. The van der Waals surface area contributed by atoms with Gasteiger partial charge in [-0.2, -0.15) is 26.3 Å². The molecule has 8 nitrogen and oxygen atoms in total. The summed E-state index contributed by atoms with van der Waals surface area (Å²) < 4.78 is 87.9. The highest BCUT2D eigenvalue weighted by Gasteiger charge is 2.39. The normalized spacial score (nSPS) is 16.4. The van der Waals surface area contributed by atoms with Crippen LogP contribution >= 0.6 is 0 Å². The first-order valence-corrected chi connectivity index (χ1v) is 10.4. The number of likely N-dealkylation sites (N-methyl/N-ethyl adjacent to an activating group) is 1. The zero-order chi connectivity index (χ0) is 26.0. The van der Waals surface area contributed by atoms with Gasteiger partial charge in [-0.25, -0.2) is 15.0 Å². The molecule has 1 aromatic carbocycles. The van der Waals surface area contributed by atoms with Crippen molar-refractivity contribution in [1.82, 2.24) is 24.3 Å². The van der Waals surface area contributed by atoms with Gasteiger partial charge in [0.05, 0.1) is 59.6 Å². The number of nitrogens with two attached hydrogens (primary N) is 1. The highest BCUT2D eigenvalue weighted by molar-refractivity contribution is 6.00. The molecule has 3 aromatic heterocycles. The van der Waals surface area contributed by atoms with Crippen molar-refractivity contribution in [2.75, 3.05) is 19.4 Å². The molecule has 0 saturated carbocycles. The molecule has 36 heavy (non-hydrogen) atoms. The molecule has 0 radical (unpaired) electrons. The summed E-state index contributed by atoms with van der Waals surface area (Å²) in [5, 5.41) is 0. The predicted molar refractivity (Wildman–Crippen MR) is 114 cm³/mol. The van der Waals surface area contributed by atoms with Crippen LogP contribution in [0.1, 0.15) is 38.9 Å². The summed E-state index contributed by atoms with van der Waals surface area (Å²) in [6.07, 6.45) is -6.89. The Balaban J connectivity index is 1.61. The van der Waals surface area contributed by atoms with Crippen molar-refractivity contribution in [2.24, 2.45) is 0 Å². The molecule has 4 aromatic rings. The van der Waals surface area contributed by atoms with E-state index in [0.717, 1.165) is 29.2 Å². The first-order valence-electron chi connectivity index (χ1n) is 10.4. The number of nitrogens with zero attached hydrogens (tertiary/aromatic N) is 5. The van der Waals surface area contributed by atoms with E-state index >= 15 is 0 Å². The van der Waals surface area contributed by atoms with E-state index in [4.69, 9.17) is 10.5 Å². The van der Waals surface area contributed by atoms with Gasteiger partial charge in [-0.3, -0.25) is 9.20 Å². The van der Waals surface area contributed by atoms with Gasteiger partial charge in [0.25, 0.3) is 5.91 Å². The number of ether oxygens (including phenoxy) is 1. The average molecular weight is 510 g/mol. The van der Waals surface area contributed by atoms with E-state index in [1.165, 1.54) is 24.0 Å². The monoisotopic (exact) mass is 510 g/mol. The average Bonchev–Trinajstić information content (AvgIpc) is 3.32. The minimum absolute atomic E-state index is 0.0361. The van der Waals surface area contributed by atoms with Crippen LogP contribution in [-0.4, -0.2) is 43.8 Å². The minimum atomic E-state index is -4.91. The fourth-order valence-corrected chi connectivity index (χ4v) is 4.23. The molecule has 0 fully saturated rings. The van der Waals surface area contributed by atoms with Crippen LogP contribution < -0.4 is 5.73 Å². The van der Waals surface area contributed by atoms with Gasteiger partial charge < -0.3 is 15.4 Å². The number of hydrogen-bond donors (Lipinski definition) is 1. The summed E-state index contributed by atoms with van der Waals surface area (Å²) in [7, 11) is 1.25. The van der Waals surface area contributed by atoms with Crippen LogP contribution in [0.25, 0.3) is 16.6 Å². The number of alkyl halides is 6. The quantitative estimate of drug-likeness (QED) is 0.405. The van der Waals surface area contributed by atoms with E-state index in [9.17, 15) is 31.1 Å². The molecule has 1 amide bonds. The van der Waals surface area contributed by atoms with Crippen LogP contribution in [0.15, 0.2) is 36.8 Å². The Morgan fingerprint density at radius 2 is 1.86 bits per heavy atom. The summed E-state index contributed by atoms with van der Waals surface area (Å²) in [5.74, 6) is -1.05. The zero-order valence-electron chi connectivity index (χ0n) is 18.4. The second-order valence-electron chi connectivity index (χ2n) is 8.21. The van der Waals surface area contributed by atoms with E-state index < -0.39 is 41.1 Å². The van der Waals surface area contributed by atoms with Crippen molar-refractivity contribution in [2.45, 2.75) is 25.0 Å². The number of aromatic nitrogens is 4. The summed E-state index contributed by atoms with van der Waals surface area (Å²) >= 11 is 0. The van der Waals surface area contributed by atoms with E-state index in [0.29, 0.717) is 5.52 Å². The molecule has 1 atom stereocenters. The molecular weight excluding hydrogens is 494 g/mol. The topological polar surface area (TPSA) is 98.6 Å². The Morgan fingerprint density at radius 3 is 2.56 bits per heavy atom. The van der Waals surface area contributed by atoms with Crippen LogP contribution in [0.4, 0.5) is 32.2 Å². The summed E-state index contributed by atoms with van der Waals surface area (Å²) in [4.78, 5) is 26.0. The Labute approximate surface area is 198 Å². The van der Waals surface area contributed by atoms with Crippen LogP contribution in [0.3, 0.4) is 0 Å². The molecule has 0 saturated heterocycles. The highest BCUT2D eigenvalue weighted by atomic mass is 19.4. The van der Waals surface area contributed by atoms with Gasteiger partial charge in [0.1, 0.15) is 17.0 Å². The summed E-state index contributed by atoms with van der Waals surface area (Å²) in [6.45, 7) is -0.367.